The summed E-state index contributed by atoms with van der Waals surface area (Å²) in [7, 11) is -3.56. The summed E-state index contributed by atoms with van der Waals surface area (Å²) in [6.45, 7) is 0. The Kier molecular flexibility index (Phi) is 3.99. The van der Waals surface area contributed by atoms with Crippen molar-refractivity contribution < 1.29 is 17.6 Å². The van der Waals surface area contributed by atoms with Crippen LogP contribution in [0.15, 0.2) is 87.2 Å². The Morgan fingerprint density at radius 2 is 1.48 bits per heavy atom. The second-order valence-electron chi connectivity index (χ2n) is 4.77. The lowest BCUT2D eigenvalue weighted by Gasteiger charge is -2.07. The van der Waals surface area contributed by atoms with Crippen LogP contribution in [0.5, 0.6) is 0 Å². The summed E-state index contributed by atoms with van der Waals surface area (Å²) in [6.07, 6.45) is 1.41. The van der Waals surface area contributed by atoms with E-state index in [1.807, 2.05) is 0 Å². The molecule has 0 atom stereocenters. The highest BCUT2D eigenvalue weighted by Gasteiger charge is 2.17. The van der Waals surface area contributed by atoms with Gasteiger partial charge in [0, 0.05) is 5.69 Å². The van der Waals surface area contributed by atoms with Crippen molar-refractivity contribution in [2.24, 2.45) is 0 Å². The van der Waals surface area contributed by atoms with E-state index >= 15 is 0 Å². The van der Waals surface area contributed by atoms with Gasteiger partial charge in [-0.25, -0.2) is 8.42 Å². The summed E-state index contributed by atoms with van der Waals surface area (Å²) < 4.78 is 29.9. The Hall–Kier alpha value is -2.86. The Morgan fingerprint density at radius 1 is 0.826 bits per heavy atom. The number of nitrogens with one attached hydrogen (secondary N) is 1. The molecule has 0 unspecified atom stereocenters. The van der Waals surface area contributed by atoms with Gasteiger partial charge in [-0.3, -0.25) is 4.79 Å². The van der Waals surface area contributed by atoms with Gasteiger partial charge in [-0.05, 0) is 48.5 Å². The molecule has 0 spiro atoms. The molecule has 0 aliphatic carbocycles. The fourth-order valence-corrected chi connectivity index (χ4v) is 3.34. The van der Waals surface area contributed by atoms with Crippen LogP contribution in [0.2, 0.25) is 0 Å². The Bertz CT molecular complexity index is 899. The molecule has 1 heterocycles. The molecule has 0 fully saturated rings. The molecule has 5 nitrogen and oxygen atoms in total. The predicted octanol–water partition coefficient (Wildman–Crippen LogP) is 3.36. The average molecular weight is 327 g/mol. The van der Waals surface area contributed by atoms with Gasteiger partial charge in [-0.15, -0.1) is 0 Å². The summed E-state index contributed by atoms with van der Waals surface area (Å²) in [4.78, 5) is 12.3. The van der Waals surface area contributed by atoms with Crippen molar-refractivity contribution >= 4 is 21.4 Å². The van der Waals surface area contributed by atoms with E-state index in [-0.39, 0.29) is 15.6 Å². The molecule has 0 aliphatic rings. The molecule has 1 amide bonds. The molecule has 1 aromatic heterocycles. The number of furan rings is 1. The number of benzene rings is 2. The van der Waals surface area contributed by atoms with Crippen molar-refractivity contribution in [2.75, 3.05) is 5.32 Å². The van der Waals surface area contributed by atoms with Gasteiger partial charge in [-0.2, -0.15) is 0 Å². The van der Waals surface area contributed by atoms with Gasteiger partial charge in [0.15, 0.2) is 5.76 Å². The molecule has 23 heavy (non-hydrogen) atoms. The second kappa shape index (κ2) is 6.10. The molecular weight excluding hydrogens is 314 g/mol. The third-order valence-electron chi connectivity index (χ3n) is 3.22. The Morgan fingerprint density at radius 3 is 2.09 bits per heavy atom. The molecule has 0 saturated carbocycles. The lowest BCUT2D eigenvalue weighted by atomic mass is 10.3. The Balaban J connectivity index is 1.81. The summed E-state index contributed by atoms with van der Waals surface area (Å²) in [5.41, 5.74) is 0.485. The van der Waals surface area contributed by atoms with Gasteiger partial charge in [0.25, 0.3) is 5.91 Å². The minimum absolute atomic E-state index is 0.166. The van der Waals surface area contributed by atoms with Gasteiger partial charge >= 0.3 is 0 Å². The molecule has 0 saturated heterocycles. The maximum Gasteiger partial charge on any atom is 0.291 e. The third kappa shape index (κ3) is 3.17. The van der Waals surface area contributed by atoms with Crippen LogP contribution < -0.4 is 5.32 Å². The first-order valence-corrected chi connectivity index (χ1v) is 8.31. The Labute approximate surface area is 133 Å². The van der Waals surface area contributed by atoms with Crippen molar-refractivity contribution in [3.05, 3.63) is 78.8 Å². The van der Waals surface area contributed by atoms with E-state index in [2.05, 4.69) is 5.32 Å². The van der Waals surface area contributed by atoms with Gasteiger partial charge < -0.3 is 9.73 Å². The van der Waals surface area contributed by atoms with E-state index in [1.165, 1.54) is 30.5 Å². The fourth-order valence-electron chi connectivity index (χ4n) is 2.05. The summed E-state index contributed by atoms with van der Waals surface area (Å²) in [5.74, 6) is -0.209. The number of amides is 1. The van der Waals surface area contributed by atoms with Gasteiger partial charge in [0.2, 0.25) is 9.84 Å². The maximum atomic E-state index is 12.5. The summed E-state index contributed by atoms with van der Waals surface area (Å²) >= 11 is 0. The number of carbonyl (C=O) groups excluding carboxylic acids is 1. The fraction of sp³-hybridized carbons (Fsp3) is 0. The van der Waals surface area contributed by atoms with E-state index in [1.54, 1.807) is 42.5 Å². The molecule has 6 heteroatoms. The van der Waals surface area contributed by atoms with Gasteiger partial charge in [0.1, 0.15) is 0 Å². The second-order valence-corrected chi connectivity index (χ2v) is 6.72. The molecule has 2 aromatic carbocycles. The monoisotopic (exact) mass is 327 g/mol. The van der Waals surface area contributed by atoms with Gasteiger partial charge in [0.05, 0.1) is 16.1 Å². The summed E-state index contributed by atoms with van der Waals surface area (Å²) in [5, 5.41) is 2.64. The molecule has 116 valence electrons. The molecule has 1 N–H and O–H groups in total. The van der Waals surface area contributed by atoms with Crippen molar-refractivity contribution in [1.82, 2.24) is 0 Å². The van der Waals surface area contributed by atoms with E-state index in [9.17, 15) is 13.2 Å². The highest BCUT2D eigenvalue weighted by atomic mass is 32.2. The molecular formula is C17H13NO4S. The number of rotatable bonds is 4. The molecule has 0 radical (unpaired) electrons. The van der Waals surface area contributed by atoms with Crippen LogP contribution in [-0.2, 0) is 9.84 Å². The lowest BCUT2D eigenvalue weighted by molar-refractivity contribution is 0.0996. The van der Waals surface area contributed by atoms with E-state index in [4.69, 9.17) is 4.42 Å². The quantitative estimate of drug-likeness (QED) is 0.797. The van der Waals surface area contributed by atoms with E-state index in [0.717, 1.165) is 0 Å². The highest BCUT2D eigenvalue weighted by molar-refractivity contribution is 7.91. The number of sulfone groups is 1. The van der Waals surface area contributed by atoms with E-state index < -0.39 is 15.7 Å². The third-order valence-corrected chi connectivity index (χ3v) is 5.01. The van der Waals surface area contributed by atoms with Crippen molar-refractivity contribution in [1.29, 1.82) is 0 Å². The summed E-state index contributed by atoms with van der Waals surface area (Å²) in [6, 6.07) is 17.3. The van der Waals surface area contributed by atoms with Crippen LogP contribution in [0.3, 0.4) is 0 Å². The van der Waals surface area contributed by atoms with Crippen molar-refractivity contribution in [3.8, 4) is 0 Å². The average Bonchev–Trinajstić information content (AvgIpc) is 3.11. The first-order valence-electron chi connectivity index (χ1n) is 6.82. The number of carbonyl (C=O) groups is 1. The van der Waals surface area contributed by atoms with E-state index in [0.29, 0.717) is 5.69 Å². The maximum absolute atomic E-state index is 12.5. The molecule has 3 aromatic rings. The van der Waals surface area contributed by atoms with Crippen LogP contribution in [0.1, 0.15) is 10.6 Å². The van der Waals surface area contributed by atoms with Crippen molar-refractivity contribution in [2.45, 2.75) is 9.79 Å². The topological polar surface area (TPSA) is 76.4 Å². The normalized spacial score (nSPS) is 11.1. The standard InChI is InChI=1S/C17H13NO4S/c19-17(16-7-4-12-22-16)18-13-8-10-15(11-9-13)23(20,21)14-5-2-1-3-6-14/h1-12H,(H,18,19). The predicted molar refractivity (Wildman–Crippen MR) is 85.0 cm³/mol. The van der Waals surface area contributed by atoms with Gasteiger partial charge in [-0.1, -0.05) is 18.2 Å². The minimum atomic E-state index is -3.56. The zero-order valence-corrected chi connectivity index (χ0v) is 12.8. The first-order chi connectivity index (χ1) is 11.1. The van der Waals surface area contributed by atoms with Crippen molar-refractivity contribution in [3.63, 3.8) is 0 Å². The number of anilines is 1. The lowest BCUT2D eigenvalue weighted by Crippen LogP contribution is -2.11. The van der Waals surface area contributed by atoms with Crippen LogP contribution in [0.25, 0.3) is 0 Å². The zero-order chi connectivity index (χ0) is 16.3. The smallest absolute Gasteiger partial charge is 0.291 e. The van der Waals surface area contributed by atoms with Crippen LogP contribution in [0, 0.1) is 0 Å². The van der Waals surface area contributed by atoms with Crippen LogP contribution >= 0.6 is 0 Å². The zero-order valence-electron chi connectivity index (χ0n) is 12.0. The minimum Gasteiger partial charge on any atom is -0.459 e. The molecule has 3 rings (SSSR count). The first kappa shape index (κ1) is 15.1. The van der Waals surface area contributed by atoms with Crippen LogP contribution in [0.4, 0.5) is 5.69 Å². The van der Waals surface area contributed by atoms with Crippen LogP contribution in [-0.4, -0.2) is 14.3 Å². The number of hydrogen-bond donors (Lipinski definition) is 1. The largest absolute Gasteiger partial charge is 0.459 e. The number of hydrogen-bond acceptors (Lipinski definition) is 4. The molecule has 0 bridgehead atoms. The SMILES string of the molecule is O=C(Nc1ccc(S(=O)(=O)c2ccccc2)cc1)c1ccco1. The molecule has 0 aliphatic heterocycles. The highest BCUT2D eigenvalue weighted by Crippen LogP contribution is 2.22.